The van der Waals surface area contributed by atoms with Crippen molar-refractivity contribution < 1.29 is 0 Å². The first-order valence-electron chi connectivity index (χ1n) is 7.46. The predicted octanol–water partition coefficient (Wildman–Crippen LogP) is 2.74. The van der Waals surface area contributed by atoms with E-state index in [1.165, 1.54) is 58.4 Å². The smallest absolute Gasteiger partial charge is 0.00107 e. The molecule has 0 saturated carbocycles. The molecule has 1 N–H and O–H groups in total. The maximum atomic E-state index is 3.46. The van der Waals surface area contributed by atoms with Crippen LogP contribution in [0.25, 0.3) is 0 Å². The van der Waals surface area contributed by atoms with Gasteiger partial charge in [-0.05, 0) is 62.6 Å². The van der Waals surface area contributed by atoms with E-state index in [9.17, 15) is 0 Å². The molecule has 100 valence electrons. The van der Waals surface area contributed by atoms with Crippen LogP contribution in [0.4, 0.5) is 0 Å². The van der Waals surface area contributed by atoms with Crippen LogP contribution in [-0.4, -0.2) is 37.6 Å². The second kappa shape index (κ2) is 5.71. The van der Waals surface area contributed by atoms with Crippen molar-refractivity contribution in [1.29, 1.82) is 0 Å². The van der Waals surface area contributed by atoms with E-state index in [0.29, 0.717) is 5.41 Å². The summed E-state index contributed by atoms with van der Waals surface area (Å²) in [5, 5.41) is 3.46. The Morgan fingerprint density at radius 3 is 2.41 bits per heavy atom. The molecule has 0 aliphatic carbocycles. The lowest BCUT2D eigenvalue weighted by molar-refractivity contribution is 0.223. The lowest BCUT2D eigenvalue weighted by Crippen LogP contribution is -2.35. The zero-order chi connectivity index (χ0) is 12.3. The first kappa shape index (κ1) is 13.4. The molecule has 2 heterocycles. The molecule has 2 aliphatic heterocycles. The van der Waals surface area contributed by atoms with Gasteiger partial charge < -0.3 is 10.2 Å². The summed E-state index contributed by atoms with van der Waals surface area (Å²) in [5.41, 5.74) is 0.509. The highest BCUT2D eigenvalue weighted by Gasteiger charge is 2.28. The van der Waals surface area contributed by atoms with Crippen LogP contribution < -0.4 is 5.32 Å². The third kappa shape index (κ3) is 4.59. The second-order valence-corrected chi connectivity index (χ2v) is 7.37. The third-order valence-electron chi connectivity index (χ3n) is 4.25. The SMILES string of the molecule is CC(C)(C)C[C@H]1CCN(CC2CCNCC2)C1. The van der Waals surface area contributed by atoms with Gasteiger partial charge in [-0.1, -0.05) is 20.8 Å². The molecule has 0 aromatic rings. The van der Waals surface area contributed by atoms with E-state index >= 15 is 0 Å². The Bertz CT molecular complexity index is 226. The average molecular weight is 238 g/mol. The molecule has 0 bridgehead atoms. The van der Waals surface area contributed by atoms with Crippen molar-refractivity contribution >= 4 is 0 Å². The Hall–Kier alpha value is -0.0800. The van der Waals surface area contributed by atoms with Gasteiger partial charge in [-0.15, -0.1) is 0 Å². The standard InChI is InChI=1S/C15H30N2/c1-15(2,3)10-14-6-9-17(12-14)11-13-4-7-16-8-5-13/h13-14,16H,4-12H2,1-3H3/t14-/m1/s1. The molecule has 0 aromatic heterocycles. The predicted molar refractivity (Wildman–Crippen MR) is 74.2 cm³/mol. The number of nitrogens with zero attached hydrogens (tertiary/aromatic N) is 1. The monoisotopic (exact) mass is 238 g/mol. The van der Waals surface area contributed by atoms with E-state index in [1.54, 1.807) is 0 Å². The average Bonchev–Trinajstić information content (AvgIpc) is 2.64. The van der Waals surface area contributed by atoms with Crippen molar-refractivity contribution in [2.24, 2.45) is 17.3 Å². The van der Waals surface area contributed by atoms with Gasteiger partial charge in [-0.2, -0.15) is 0 Å². The quantitative estimate of drug-likeness (QED) is 0.813. The molecule has 0 unspecified atom stereocenters. The summed E-state index contributed by atoms with van der Waals surface area (Å²) >= 11 is 0. The van der Waals surface area contributed by atoms with Gasteiger partial charge in [-0.3, -0.25) is 0 Å². The molecule has 0 amide bonds. The minimum Gasteiger partial charge on any atom is -0.317 e. The Labute approximate surface area is 107 Å². The van der Waals surface area contributed by atoms with Crippen LogP contribution in [0.2, 0.25) is 0 Å². The highest BCUT2D eigenvalue weighted by atomic mass is 15.1. The number of nitrogens with one attached hydrogen (secondary N) is 1. The van der Waals surface area contributed by atoms with Gasteiger partial charge in [0, 0.05) is 13.1 Å². The van der Waals surface area contributed by atoms with Crippen LogP contribution in [0.15, 0.2) is 0 Å². The summed E-state index contributed by atoms with van der Waals surface area (Å²) in [7, 11) is 0. The zero-order valence-electron chi connectivity index (χ0n) is 12.0. The summed E-state index contributed by atoms with van der Waals surface area (Å²) in [5.74, 6) is 1.92. The van der Waals surface area contributed by atoms with Gasteiger partial charge in [0.05, 0.1) is 0 Å². The van der Waals surface area contributed by atoms with Crippen molar-refractivity contribution in [2.75, 3.05) is 32.7 Å². The Kier molecular flexibility index (Phi) is 4.48. The summed E-state index contributed by atoms with van der Waals surface area (Å²) < 4.78 is 0. The van der Waals surface area contributed by atoms with Gasteiger partial charge >= 0.3 is 0 Å². The third-order valence-corrected chi connectivity index (χ3v) is 4.25. The summed E-state index contributed by atoms with van der Waals surface area (Å²) in [6, 6.07) is 0. The summed E-state index contributed by atoms with van der Waals surface area (Å²) in [4.78, 5) is 2.73. The molecule has 2 saturated heterocycles. The first-order chi connectivity index (χ1) is 8.03. The van der Waals surface area contributed by atoms with Gasteiger partial charge in [0.2, 0.25) is 0 Å². The number of hydrogen-bond donors (Lipinski definition) is 1. The van der Waals surface area contributed by atoms with Crippen LogP contribution in [0.5, 0.6) is 0 Å². The number of likely N-dealkylation sites (tertiary alicyclic amines) is 1. The molecule has 2 nitrogen and oxygen atoms in total. The van der Waals surface area contributed by atoms with Crippen LogP contribution >= 0.6 is 0 Å². The van der Waals surface area contributed by atoms with Gasteiger partial charge in [0.1, 0.15) is 0 Å². The fraction of sp³-hybridized carbons (Fsp3) is 1.00. The zero-order valence-corrected chi connectivity index (χ0v) is 12.0. The Balaban J connectivity index is 1.70. The molecule has 0 aromatic carbocycles. The number of rotatable bonds is 3. The van der Waals surface area contributed by atoms with E-state index in [4.69, 9.17) is 0 Å². The van der Waals surface area contributed by atoms with Gasteiger partial charge in [0.25, 0.3) is 0 Å². The van der Waals surface area contributed by atoms with Crippen molar-refractivity contribution in [3.63, 3.8) is 0 Å². The second-order valence-electron chi connectivity index (χ2n) is 7.37. The molecule has 2 fully saturated rings. The van der Waals surface area contributed by atoms with Crippen LogP contribution in [0.1, 0.15) is 46.5 Å². The highest BCUT2D eigenvalue weighted by Crippen LogP contribution is 2.31. The lowest BCUT2D eigenvalue weighted by Gasteiger charge is -2.28. The Morgan fingerprint density at radius 2 is 1.76 bits per heavy atom. The van der Waals surface area contributed by atoms with E-state index in [-0.39, 0.29) is 0 Å². The topological polar surface area (TPSA) is 15.3 Å². The fourth-order valence-electron chi connectivity index (χ4n) is 3.54. The van der Waals surface area contributed by atoms with E-state index in [0.717, 1.165) is 11.8 Å². The van der Waals surface area contributed by atoms with Crippen LogP contribution in [-0.2, 0) is 0 Å². The molecule has 17 heavy (non-hydrogen) atoms. The molecular weight excluding hydrogens is 208 g/mol. The van der Waals surface area contributed by atoms with Crippen molar-refractivity contribution in [2.45, 2.75) is 46.5 Å². The minimum absolute atomic E-state index is 0.509. The largest absolute Gasteiger partial charge is 0.317 e. The van der Waals surface area contributed by atoms with Crippen molar-refractivity contribution in [3.05, 3.63) is 0 Å². The molecule has 0 radical (unpaired) electrons. The summed E-state index contributed by atoms with van der Waals surface area (Å²) in [6.07, 6.45) is 5.61. The molecule has 2 rings (SSSR count). The molecule has 1 atom stereocenters. The maximum absolute atomic E-state index is 3.46. The number of hydrogen-bond acceptors (Lipinski definition) is 2. The van der Waals surface area contributed by atoms with Crippen molar-refractivity contribution in [1.82, 2.24) is 10.2 Å². The minimum atomic E-state index is 0.509. The van der Waals surface area contributed by atoms with Gasteiger partial charge in [0.15, 0.2) is 0 Å². The normalized spacial score (nSPS) is 28.8. The first-order valence-corrected chi connectivity index (χ1v) is 7.46. The van der Waals surface area contributed by atoms with Crippen molar-refractivity contribution in [3.8, 4) is 0 Å². The maximum Gasteiger partial charge on any atom is 0.00107 e. The Morgan fingerprint density at radius 1 is 1.06 bits per heavy atom. The molecule has 0 spiro atoms. The molecular formula is C15H30N2. The van der Waals surface area contributed by atoms with Crippen LogP contribution in [0, 0.1) is 17.3 Å². The summed E-state index contributed by atoms with van der Waals surface area (Å²) in [6.45, 7) is 13.7. The fourth-order valence-corrected chi connectivity index (χ4v) is 3.54. The van der Waals surface area contributed by atoms with E-state index in [1.807, 2.05) is 0 Å². The van der Waals surface area contributed by atoms with E-state index in [2.05, 4.69) is 31.0 Å². The molecule has 2 heteroatoms. The highest BCUT2D eigenvalue weighted by molar-refractivity contribution is 4.82. The lowest BCUT2D eigenvalue weighted by atomic mass is 9.84. The van der Waals surface area contributed by atoms with Crippen LogP contribution in [0.3, 0.4) is 0 Å². The van der Waals surface area contributed by atoms with Gasteiger partial charge in [-0.25, -0.2) is 0 Å². The molecule has 2 aliphatic rings. The van der Waals surface area contributed by atoms with E-state index < -0.39 is 0 Å². The number of piperidine rings is 1.